The molecule has 0 heterocycles. The van der Waals surface area contributed by atoms with Crippen molar-refractivity contribution >= 4 is 10.1 Å². The summed E-state index contributed by atoms with van der Waals surface area (Å²) < 4.78 is 31.5. The Kier molecular flexibility index (Phi) is 2.56. The largest absolute Gasteiger partial charge is 0.294 e. The molecule has 0 aliphatic heterocycles. The van der Waals surface area contributed by atoms with Gasteiger partial charge in [-0.05, 0) is 55.4 Å². The van der Waals surface area contributed by atoms with Gasteiger partial charge in [0.25, 0.3) is 10.1 Å². The zero-order valence-corrected chi connectivity index (χ0v) is 9.47. The van der Waals surface area contributed by atoms with E-state index in [1.54, 1.807) is 6.07 Å². The van der Waals surface area contributed by atoms with Gasteiger partial charge in [0.2, 0.25) is 0 Å². The lowest BCUT2D eigenvalue weighted by molar-refractivity contribution is 0.480. The van der Waals surface area contributed by atoms with Gasteiger partial charge in [-0.2, -0.15) is 8.42 Å². The summed E-state index contributed by atoms with van der Waals surface area (Å²) in [5.41, 5.74) is 3.05. The fraction of sp³-hybridized carbons (Fsp3) is 0.455. The first-order valence-electron chi connectivity index (χ1n) is 5.09. The van der Waals surface area contributed by atoms with Crippen LogP contribution in [0.4, 0.5) is 0 Å². The Hall–Kier alpha value is -0.870. The lowest BCUT2D eigenvalue weighted by Gasteiger charge is -2.20. The average molecular weight is 226 g/mol. The number of rotatable bonds is 1. The molecule has 4 heteroatoms. The third-order valence-corrected chi connectivity index (χ3v) is 3.94. The maximum absolute atomic E-state index is 11.2. The van der Waals surface area contributed by atoms with Crippen LogP contribution in [0.15, 0.2) is 17.0 Å². The highest BCUT2D eigenvalue weighted by atomic mass is 32.2. The van der Waals surface area contributed by atoms with Crippen LogP contribution in [0.3, 0.4) is 0 Å². The van der Waals surface area contributed by atoms with E-state index in [0.29, 0.717) is 0 Å². The van der Waals surface area contributed by atoms with Gasteiger partial charge in [0, 0.05) is 0 Å². The average Bonchev–Trinajstić information content (AvgIpc) is 2.17. The zero-order valence-electron chi connectivity index (χ0n) is 8.66. The minimum atomic E-state index is -4.06. The van der Waals surface area contributed by atoms with Gasteiger partial charge < -0.3 is 0 Å². The lowest BCUT2D eigenvalue weighted by Crippen LogP contribution is -2.11. The molecule has 1 aromatic carbocycles. The normalized spacial score (nSPS) is 16.1. The van der Waals surface area contributed by atoms with Gasteiger partial charge in [0.1, 0.15) is 0 Å². The van der Waals surface area contributed by atoms with Gasteiger partial charge >= 0.3 is 0 Å². The minimum absolute atomic E-state index is 0.0998. The van der Waals surface area contributed by atoms with Crippen LogP contribution in [0.5, 0.6) is 0 Å². The summed E-state index contributed by atoms with van der Waals surface area (Å²) in [6.45, 7) is 1.98. The van der Waals surface area contributed by atoms with E-state index in [9.17, 15) is 8.42 Å². The smallest absolute Gasteiger partial charge is 0.282 e. The van der Waals surface area contributed by atoms with Crippen LogP contribution in [0.1, 0.15) is 29.5 Å². The summed E-state index contributed by atoms with van der Waals surface area (Å²) in [6, 6.07) is 3.28. The van der Waals surface area contributed by atoms with Crippen LogP contribution >= 0.6 is 0 Å². The summed E-state index contributed by atoms with van der Waals surface area (Å²) in [7, 11) is -4.06. The Morgan fingerprint density at radius 3 is 2.33 bits per heavy atom. The van der Waals surface area contributed by atoms with Crippen LogP contribution < -0.4 is 0 Å². The highest BCUT2D eigenvalue weighted by Gasteiger charge is 2.21. The Bertz CT molecular complexity index is 489. The van der Waals surface area contributed by atoms with E-state index in [2.05, 4.69) is 0 Å². The van der Waals surface area contributed by atoms with E-state index < -0.39 is 10.1 Å². The molecule has 0 spiro atoms. The van der Waals surface area contributed by atoms with Crippen molar-refractivity contribution in [2.75, 3.05) is 0 Å². The van der Waals surface area contributed by atoms with Crippen LogP contribution in [0.2, 0.25) is 0 Å². The molecule has 1 aromatic rings. The maximum Gasteiger partial charge on any atom is 0.294 e. The van der Waals surface area contributed by atoms with Gasteiger partial charge in [-0.1, -0.05) is 6.07 Å². The predicted octanol–water partition coefficient (Wildman–Crippen LogP) is 2.12. The fourth-order valence-corrected chi connectivity index (χ4v) is 3.03. The molecule has 2 rings (SSSR count). The lowest BCUT2D eigenvalue weighted by atomic mass is 9.89. The summed E-state index contributed by atoms with van der Waals surface area (Å²) in [5.74, 6) is 0. The minimum Gasteiger partial charge on any atom is -0.282 e. The van der Waals surface area contributed by atoms with Crippen LogP contribution in [0.25, 0.3) is 0 Å². The summed E-state index contributed by atoms with van der Waals surface area (Å²) in [4.78, 5) is 0.0998. The number of hydrogen-bond donors (Lipinski definition) is 1. The van der Waals surface area contributed by atoms with Gasteiger partial charge in [-0.3, -0.25) is 4.55 Å². The zero-order chi connectivity index (χ0) is 11.1. The molecule has 0 amide bonds. The van der Waals surface area contributed by atoms with E-state index in [0.717, 1.165) is 42.4 Å². The van der Waals surface area contributed by atoms with Gasteiger partial charge in [-0.15, -0.1) is 0 Å². The molecule has 82 valence electrons. The number of hydrogen-bond acceptors (Lipinski definition) is 2. The molecular formula is C11H14O3S. The third-order valence-electron chi connectivity index (χ3n) is 3.00. The van der Waals surface area contributed by atoms with Gasteiger partial charge in [-0.25, -0.2) is 0 Å². The van der Waals surface area contributed by atoms with E-state index in [1.165, 1.54) is 6.07 Å². The van der Waals surface area contributed by atoms with Crippen molar-refractivity contribution in [3.63, 3.8) is 0 Å². The van der Waals surface area contributed by atoms with Crippen molar-refractivity contribution < 1.29 is 13.0 Å². The Morgan fingerprint density at radius 2 is 1.73 bits per heavy atom. The van der Waals surface area contributed by atoms with Crippen LogP contribution in [0, 0.1) is 6.92 Å². The van der Waals surface area contributed by atoms with Crippen molar-refractivity contribution in [1.29, 1.82) is 0 Å². The van der Waals surface area contributed by atoms with Crippen LogP contribution in [-0.2, 0) is 23.0 Å². The first kappa shape index (κ1) is 10.6. The summed E-state index contributed by atoms with van der Waals surface area (Å²) >= 11 is 0. The molecule has 15 heavy (non-hydrogen) atoms. The molecule has 0 saturated heterocycles. The highest BCUT2D eigenvalue weighted by Crippen LogP contribution is 2.29. The van der Waals surface area contributed by atoms with E-state index in [-0.39, 0.29) is 4.90 Å². The van der Waals surface area contributed by atoms with Crippen molar-refractivity contribution in [2.45, 2.75) is 37.5 Å². The highest BCUT2D eigenvalue weighted by molar-refractivity contribution is 7.85. The first-order valence-corrected chi connectivity index (χ1v) is 6.53. The molecular weight excluding hydrogens is 212 g/mol. The number of aryl methyl sites for hydroxylation is 1. The number of benzene rings is 1. The quantitative estimate of drug-likeness (QED) is 0.746. The third kappa shape index (κ3) is 1.92. The molecule has 0 bridgehead atoms. The summed E-state index contributed by atoms with van der Waals surface area (Å²) in [5, 5.41) is 0. The molecule has 3 nitrogen and oxygen atoms in total. The van der Waals surface area contributed by atoms with E-state index in [1.807, 2.05) is 6.92 Å². The standard InChI is InChI=1S/C11H14O3S/c1-8-6-7-11(15(12,13)14)10-5-3-2-4-9(8)10/h6-7H,2-5H2,1H3,(H,12,13,14). The Labute approximate surface area is 89.9 Å². The molecule has 0 fully saturated rings. The number of fused-ring (bicyclic) bond motifs is 1. The second kappa shape index (κ2) is 3.61. The van der Waals surface area contributed by atoms with Gasteiger partial charge in [0.05, 0.1) is 4.90 Å². The summed E-state index contributed by atoms with van der Waals surface area (Å²) in [6.07, 6.45) is 3.78. The second-order valence-electron chi connectivity index (χ2n) is 4.02. The fourth-order valence-electron chi connectivity index (χ4n) is 2.26. The molecule has 1 aliphatic carbocycles. The predicted molar refractivity (Wildman–Crippen MR) is 57.6 cm³/mol. The SMILES string of the molecule is Cc1ccc(S(=O)(=O)O)c2c1CCCC2. The van der Waals surface area contributed by atoms with E-state index in [4.69, 9.17) is 4.55 Å². The topological polar surface area (TPSA) is 54.4 Å². The molecule has 0 aromatic heterocycles. The second-order valence-corrected chi connectivity index (χ2v) is 5.41. The monoisotopic (exact) mass is 226 g/mol. The van der Waals surface area contributed by atoms with Crippen molar-refractivity contribution in [2.24, 2.45) is 0 Å². The molecule has 0 radical (unpaired) electrons. The molecule has 1 N–H and O–H groups in total. The van der Waals surface area contributed by atoms with Crippen LogP contribution in [-0.4, -0.2) is 13.0 Å². The molecule has 0 atom stereocenters. The van der Waals surface area contributed by atoms with Crippen molar-refractivity contribution in [3.8, 4) is 0 Å². The first-order chi connectivity index (χ1) is 7.00. The maximum atomic E-state index is 11.2. The van der Waals surface area contributed by atoms with Crippen molar-refractivity contribution in [3.05, 3.63) is 28.8 Å². The Morgan fingerprint density at radius 1 is 1.13 bits per heavy atom. The molecule has 0 unspecified atom stereocenters. The molecule has 1 aliphatic rings. The Balaban J connectivity index is 2.69. The molecule has 0 saturated carbocycles. The van der Waals surface area contributed by atoms with E-state index >= 15 is 0 Å². The van der Waals surface area contributed by atoms with Gasteiger partial charge in [0.15, 0.2) is 0 Å². The van der Waals surface area contributed by atoms with Crippen molar-refractivity contribution in [1.82, 2.24) is 0 Å².